The van der Waals surface area contributed by atoms with Gasteiger partial charge in [0, 0.05) is 20.6 Å². The lowest BCUT2D eigenvalue weighted by molar-refractivity contribution is -0.128. The Hall–Kier alpha value is -2.31. The topological polar surface area (TPSA) is 66.0 Å². The van der Waals surface area contributed by atoms with Crippen molar-refractivity contribution in [3.05, 3.63) is 30.1 Å². The highest BCUT2D eigenvalue weighted by atomic mass is 19.1. The molecule has 0 fully saturated rings. The molecule has 0 unspecified atom stereocenters. The van der Waals surface area contributed by atoms with E-state index in [9.17, 15) is 9.18 Å². The van der Waals surface area contributed by atoms with E-state index in [1.807, 2.05) is 32.7 Å². The Morgan fingerprint density at radius 1 is 1.36 bits per heavy atom. The maximum atomic E-state index is 13.5. The highest BCUT2D eigenvalue weighted by Crippen LogP contribution is 2.16. The number of likely N-dealkylation sites (N-methyl/N-ethyl adjacent to an activating group) is 1. The molecule has 0 aliphatic heterocycles. The van der Waals surface area contributed by atoms with Gasteiger partial charge >= 0.3 is 0 Å². The monoisotopic (exact) mass is 352 g/mol. The smallest absolute Gasteiger partial charge is 0.227 e. The van der Waals surface area contributed by atoms with E-state index in [0.717, 1.165) is 0 Å². The molecule has 2 N–H and O–H groups in total. The highest BCUT2D eigenvalue weighted by Gasteiger charge is 2.26. The summed E-state index contributed by atoms with van der Waals surface area (Å²) in [6.07, 6.45) is 0. The number of amides is 1. The molecule has 1 aromatic rings. The summed E-state index contributed by atoms with van der Waals surface area (Å²) in [6.45, 7) is 7.58. The van der Waals surface area contributed by atoms with Crippen molar-refractivity contribution in [1.82, 2.24) is 15.5 Å². The van der Waals surface area contributed by atoms with E-state index in [1.54, 1.807) is 25.2 Å². The van der Waals surface area contributed by atoms with Crippen LogP contribution in [-0.2, 0) is 4.79 Å². The number of halogens is 1. The largest absolute Gasteiger partial charge is 0.489 e. The van der Waals surface area contributed by atoms with Crippen LogP contribution >= 0.6 is 0 Å². The van der Waals surface area contributed by atoms with Gasteiger partial charge in [-0.05, 0) is 32.9 Å². The molecule has 1 aromatic carbocycles. The Balaban J connectivity index is 2.63. The second-order valence-electron chi connectivity index (χ2n) is 6.33. The molecule has 140 valence electrons. The SMILES string of the molecule is CCNC(=NCC(C)(C)C(=O)NC)N(C)CCOc1ccccc1F. The molecule has 6 nitrogen and oxygen atoms in total. The molecule has 0 radical (unpaired) electrons. The first kappa shape index (κ1) is 20.7. The van der Waals surface area contributed by atoms with Crippen LogP contribution in [0, 0.1) is 11.2 Å². The zero-order valence-corrected chi connectivity index (χ0v) is 15.7. The third-order valence-electron chi connectivity index (χ3n) is 3.68. The minimum absolute atomic E-state index is 0.0577. The summed E-state index contributed by atoms with van der Waals surface area (Å²) in [7, 11) is 3.49. The Morgan fingerprint density at radius 3 is 2.64 bits per heavy atom. The number of rotatable bonds is 8. The van der Waals surface area contributed by atoms with Gasteiger partial charge in [-0.2, -0.15) is 0 Å². The Kier molecular flexibility index (Phi) is 8.18. The molecule has 0 saturated carbocycles. The van der Waals surface area contributed by atoms with Crippen LogP contribution in [0.1, 0.15) is 20.8 Å². The number of hydrogen-bond acceptors (Lipinski definition) is 3. The van der Waals surface area contributed by atoms with Crippen molar-refractivity contribution >= 4 is 11.9 Å². The van der Waals surface area contributed by atoms with Crippen molar-refractivity contribution in [3.63, 3.8) is 0 Å². The number of benzene rings is 1. The Bertz CT molecular complexity index is 590. The van der Waals surface area contributed by atoms with Crippen LogP contribution in [0.5, 0.6) is 5.75 Å². The lowest BCUT2D eigenvalue weighted by Crippen LogP contribution is -2.43. The summed E-state index contributed by atoms with van der Waals surface area (Å²) in [6, 6.07) is 6.32. The molecule has 0 atom stereocenters. The number of nitrogens with zero attached hydrogens (tertiary/aromatic N) is 2. The van der Waals surface area contributed by atoms with Gasteiger partial charge in [-0.15, -0.1) is 0 Å². The normalized spacial score (nSPS) is 11.8. The molecule has 7 heteroatoms. The lowest BCUT2D eigenvalue weighted by atomic mass is 9.93. The third-order valence-corrected chi connectivity index (χ3v) is 3.68. The third kappa shape index (κ3) is 6.60. The summed E-state index contributed by atoms with van der Waals surface area (Å²) < 4.78 is 19.0. The van der Waals surface area contributed by atoms with E-state index in [0.29, 0.717) is 32.2 Å². The molecule has 0 heterocycles. The number of aliphatic imine (C=N–C) groups is 1. The number of hydrogen-bond donors (Lipinski definition) is 2. The van der Waals surface area contributed by atoms with E-state index in [-0.39, 0.29) is 17.5 Å². The molecule has 25 heavy (non-hydrogen) atoms. The maximum absolute atomic E-state index is 13.5. The zero-order valence-electron chi connectivity index (χ0n) is 15.7. The first-order valence-corrected chi connectivity index (χ1v) is 8.40. The molecular formula is C18H29FN4O2. The lowest BCUT2D eigenvalue weighted by Gasteiger charge is -2.25. The fourth-order valence-electron chi connectivity index (χ4n) is 2.11. The van der Waals surface area contributed by atoms with Gasteiger partial charge in [-0.3, -0.25) is 9.79 Å². The fraction of sp³-hybridized carbons (Fsp3) is 0.556. The van der Waals surface area contributed by atoms with Crippen LogP contribution in [0.4, 0.5) is 4.39 Å². The Labute approximate surface area is 149 Å². The molecule has 0 aliphatic carbocycles. The van der Waals surface area contributed by atoms with Crippen LogP contribution in [0.15, 0.2) is 29.3 Å². The average Bonchev–Trinajstić information content (AvgIpc) is 2.59. The number of guanidine groups is 1. The van der Waals surface area contributed by atoms with Gasteiger partial charge in [0.05, 0.1) is 18.5 Å². The predicted octanol–water partition coefficient (Wildman–Crippen LogP) is 1.87. The molecule has 0 aliphatic rings. The van der Waals surface area contributed by atoms with Crippen molar-refractivity contribution < 1.29 is 13.9 Å². The highest BCUT2D eigenvalue weighted by molar-refractivity contribution is 5.83. The van der Waals surface area contributed by atoms with Crippen molar-refractivity contribution in [3.8, 4) is 5.75 Å². The van der Waals surface area contributed by atoms with Crippen molar-refractivity contribution in [2.75, 3.05) is 40.3 Å². The fourth-order valence-corrected chi connectivity index (χ4v) is 2.11. The van der Waals surface area contributed by atoms with Crippen molar-refractivity contribution in [2.45, 2.75) is 20.8 Å². The molecular weight excluding hydrogens is 323 g/mol. The number of ether oxygens (including phenoxy) is 1. The van der Waals surface area contributed by atoms with E-state index in [2.05, 4.69) is 15.6 Å². The molecule has 1 amide bonds. The quantitative estimate of drug-likeness (QED) is 0.554. The maximum Gasteiger partial charge on any atom is 0.227 e. The molecule has 0 saturated heterocycles. The van der Waals surface area contributed by atoms with E-state index in [4.69, 9.17) is 4.74 Å². The number of para-hydroxylation sites is 1. The van der Waals surface area contributed by atoms with Crippen LogP contribution in [0.3, 0.4) is 0 Å². The van der Waals surface area contributed by atoms with Crippen molar-refractivity contribution in [2.24, 2.45) is 10.4 Å². The van der Waals surface area contributed by atoms with Gasteiger partial charge < -0.3 is 20.3 Å². The van der Waals surface area contributed by atoms with Gasteiger partial charge in [-0.1, -0.05) is 12.1 Å². The Morgan fingerprint density at radius 2 is 2.04 bits per heavy atom. The van der Waals surface area contributed by atoms with Crippen LogP contribution < -0.4 is 15.4 Å². The second kappa shape index (κ2) is 9.86. The standard InChI is InChI=1S/C18H29FN4O2/c1-6-21-17(22-13-18(2,3)16(24)20-4)23(5)11-12-25-15-10-8-7-9-14(15)19/h7-10H,6,11-13H2,1-5H3,(H,20,24)(H,21,22). The van der Waals surface area contributed by atoms with Crippen LogP contribution in [0.25, 0.3) is 0 Å². The zero-order chi connectivity index (χ0) is 18.9. The first-order valence-electron chi connectivity index (χ1n) is 8.40. The molecule has 0 bridgehead atoms. The van der Waals surface area contributed by atoms with Gasteiger partial charge in [0.25, 0.3) is 0 Å². The van der Waals surface area contributed by atoms with Crippen LogP contribution in [0.2, 0.25) is 0 Å². The summed E-state index contributed by atoms with van der Waals surface area (Å²) in [5, 5.41) is 5.84. The van der Waals surface area contributed by atoms with Crippen LogP contribution in [-0.4, -0.2) is 57.1 Å². The number of carbonyl (C=O) groups excluding carboxylic acids is 1. The molecule has 0 spiro atoms. The summed E-state index contributed by atoms with van der Waals surface area (Å²) in [4.78, 5) is 18.3. The van der Waals surface area contributed by atoms with Gasteiger partial charge in [0.15, 0.2) is 17.5 Å². The summed E-state index contributed by atoms with van der Waals surface area (Å²) >= 11 is 0. The predicted molar refractivity (Wildman–Crippen MR) is 98.4 cm³/mol. The van der Waals surface area contributed by atoms with E-state index in [1.165, 1.54) is 6.07 Å². The van der Waals surface area contributed by atoms with E-state index >= 15 is 0 Å². The van der Waals surface area contributed by atoms with E-state index < -0.39 is 5.41 Å². The molecule has 0 aromatic heterocycles. The van der Waals surface area contributed by atoms with Gasteiger partial charge in [0.2, 0.25) is 5.91 Å². The minimum Gasteiger partial charge on any atom is -0.489 e. The summed E-state index contributed by atoms with van der Waals surface area (Å²) in [5.74, 6) is 0.478. The first-order chi connectivity index (χ1) is 11.8. The average molecular weight is 352 g/mol. The number of carbonyl (C=O) groups is 1. The van der Waals surface area contributed by atoms with Gasteiger partial charge in [0.1, 0.15) is 6.61 Å². The number of nitrogens with one attached hydrogen (secondary N) is 2. The minimum atomic E-state index is -0.597. The van der Waals surface area contributed by atoms with Crippen molar-refractivity contribution in [1.29, 1.82) is 0 Å². The molecule has 1 rings (SSSR count). The summed E-state index contributed by atoms with van der Waals surface area (Å²) in [5.41, 5.74) is -0.597. The second-order valence-corrected chi connectivity index (χ2v) is 6.33. The van der Waals surface area contributed by atoms with Gasteiger partial charge in [-0.25, -0.2) is 4.39 Å².